The molecule has 0 saturated heterocycles. The van der Waals surface area contributed by atoms with Crippen molar-refractivity contribution in [3.63, 3.8) is 0 Å². The highest BCUT2D eigenvalue weighted by Gasteiger charge is 2.02. The van der Waals surface area contributed by atoms with E-state index in [4.69, 9.17) is 11.6 Å². The van der Waals surface area contributed by atoms with Crippen LogP contribution >= 0.6 is 11.6 Å². The van der Waals surface area contributed by atoms with Gasteiger partial charge in [-0.3, -0.25) is 24.7 Å². The van der Waals surface area contributed by atoms with E-state index in [1.165, 1.54) is 48.6 Å². The molecule has 0 spiro atoms. The molecule has 4 rings (SSSR count). The third-order valence-electron chi connectivity index (χ3n) is 2.87. The molecule has 4 aromatic rings. The summed E-state index contributed by atoms with van der Waals surface area (Å²) >= 11 is 5.55. The van der Waals surface area contributed by atoms with Crippen molar-refractivity contribution in [2.75, 3.05) is 0 Å². The van der Waals surface area contributed by atoms with Crippen LogP contribution in [0.1, 0.15) is 20.7 Å². The number of H-pyrrole nitrogens is 1. The van der Waals surface area contributed by atoms with Crippen molar-refractivity contribution in [2.45, 2.75) is 0 Å². The molecule has 27 heavy (non-hydrogen) atoms. The number of aromatic nitrogens is 8. The standard InChI is InChI=1S/C8H6N4O.C6H4ClNO.C2H3N3/c13-4-7-3-9-2-1-8(7)12-6-10-5-11-12;7-6-1-2-8-3-5(6)4-9;1-3-2-5-4-1/h1-6H;1-4H;1-2H,(H,3,4,5). The van der Waals surface area contributed by atoms with Gasteiger partial charge in [0, 0.05) is 24.8 Å². The molecule has 0 atom stereocenters. The first kappa shape index (κ1) is 19.5. The van der Waals surface area contributed by atoms with Crippen molar-refractivity contribution in [3.05, 3.63) is 78.4 Å². The van der Waals surface area contributed by atoms with Crippen molar-refractivity contribution in [2.24, 2.45) is 0 Å². The molecule has 0 saturated carbocycles. The molecule has 10 nitrogen and oxygen atoms in total. The second-order valence-electron chi connectivity index (χ2n) is 4.56. The Balaban J connectivity index is 0.000000161. The van der Waals surface area contributed by atoms with Gasteiger partial charge in [-0.2, -0.15) is 10.2 Å². The normalized spacial score (nSPS) is 9.22. The fourth-order valence-electron chi connectivity index (χ4n) is 1.67. The Labute approximate surface area is 158 Å². The number of hydrogen-bond acceptors (Lipinski definition) is 8. The zero-order valence-corrected chi connectivity index (χ0v) is 14.5. The average molecular weight is 385 g/mol. The number of rotatable bonds is 3. The molecule has 0 radical (unpaired) electrons. The largest absolute Gasteiger partial charge is 0.298 e. The van der Waals surface area contributed by atoms with E-state index in [2.05, 4.69) is 35.2 Å². The van der Waals surface area contributed by atoms with E-state index < -0.39 is 0 Å². The second-order valence-corrected chi connectivity index (χ2v) is 4.97. The highest BCUT2D eigenvalue weighted by atomic mass is 35.5. The molecular weight excluding hydrogens is 372 g/mol. The van der Waals surface area contributed by atoms with E-state index in [1.54, 1.807) is 18.3 Å². The Bertz CT molecular complexity index is 928. The third-order valence-corrected chi connectivity index (χ3v) is 3.22. The monoisotopic (exact) mass is 384 g/mol. The SMILES string of the molecule is O=Cc1cnccc1-n1cncn1.O=Cc1cnccc1Cl.c1nc[nH]n1. The van der Waals surface area contributed by atoms with Crippen molar-refractivity contribution in [1.82, 2.24) is 39.9 Å². The maximum Gasteiger partial charge on any atom is 0.153 e. The Morgan fingerprint density at radius 1 is 0.926 bits per heavy atom. The maximum absolute atomic E-state index is 10.6. The van der Waals surface area contributed by atoms with Gasteiger partial charge >= 0.3 is 0 Å². The molecule has 11 heteroatoms. The Kier molecular flexibility index (Phi) is 7.92. The summed E-state index contributed by atoms with van der Waals surface area (Å²) in [5, 5.41) is 10.3. The summed E-state index contributed by atoms with van der Waals surface area (Å²) in [6.07, 6.45) is 13.4. The number of halogens is 1. The summed E-state index contributed by atoms with van der Waals surface area (Å²) < 4.78 is 1.52. The number of nitrogens with zero attached hydrogens (tertiary/aromatic N) is 7. The van der Waals surface area contributed by atoms with Crippen molar-refractivity contribution in [1.29, 1.82) is 0 Å². The molecule has 0 aliphatic heterocycles. The Hall–Kier alpha value is -3.79. The summed E-state index contributed by atoms with van der Waals surface area (Å²) in [5.74, 6) is 0. The average Bonchev–Trinajstić information content (AvgIpc) is 3.45. The van der Waals surface area contributed by atoms with Crippen LogP contribution in [-0.2, 0) is 0 Å². The van der Waals surface area contributed by atoms with Crippen LogP contribution in [0, 0.1) is 0 Å². The van der Waals surface area contributed by atoms with E-state index >= 15 is 0 Å². The molecule has 0 aliphatic rings. The predicted octanol–water partition coefficient (Wildman–Crippen LogP) is 1.83. The molecule has 4 aromatic heterocycles. The van der Waals surface area contributed by atoms with E-state index in [-0.39, 0.29) is 0 Å². The lowest BCUT2D eigenvalue weighted by molar-refractivity contribution is 0.111. The molecule has 0 bridgehead atoms. The van der Waals surface area contributed by atoms with Gasteiger partial charge in [-0.25, -0.2) is 14.6 Å². The molecule has 0 aliphatic carbocycles. The van der Waals surface area contributed by atoms with Crippen molar-refractivity contribution < 1.29 is 9.59 Å². The number of pyridine rings is 2. The van der Waals surface area contributed by atoms with Gasteiger partial charge in [0.05, 0.1) is 21.8 Å². The van der Waals surface area contributed by atoms with E-state index in [0.717, 1.165) is 6.29 Å². The van der Waals surface area contributed by atoms with Crippen LogP contribution in [0.2, 0.25) is 5.02 Å². The summed E-state index contributed by atoms with van der Waals surface area (Å²) in [6, 6.07) is 3.28. The summed E-state index contributed by atoms with van der Waals surface area (Å²) in [5.41, 5.74) is 1.61. The van der Waals surface area contributed by atoms with Crippen LogP contribution in [0.4, 0.5) is 0 Å². The van der Waals surface area contributed by atoms with Gasteiger partial charge in [-0.15, -0.1) is 0 Å². The van der Waals surface area contributed by atoms with Gasteiger partial charge in [0.1, 0.15) is 25.3 Å². The van der Waals surface area contributed by atoms with Crippen LogP contribution in [0.25, 0.3) is 5.69 Å². The number of carbonyl (C=O) groups is 2. The zero-order valence-electron chi connectivity index (χ0n) is 13.8. The lowest BCUT2D eigenvalue weighted by Crippen LogP contribution is -1.99. The number of aldehydes is 2. The second kappa shape index (κ2) is 10.9. The van der Waals surface area contributed by atoms with Crippen LogP contribution in [0.15, 0.2) is 62.2 Å². The molecule has 0 aromatic carbocycles. The fourth-order valence-corrected chi connectivity index (χ4v) is 1.82. The topological polar surface area (TPSA) is 132 Å². The lowest BCUT2D eigenvalue weighted by atomic mass is 10.2. The van der Waals surface area contributed by atoms with Gasteiger partial charge < -0.3 is 0 Å². The quantitative estimate of drug-likeness (QED) is 0.529. The first-order valence-corrected chi connectivity index (χ1v) is 7.71. The van der Waals surface area contributed by atoms with Gasteiger partial charge in [0.25, 0.3) is 0 Å². The minimum absolute atomic E-state index is 0.430. The molecule has 0 fully saturated rings. The molecule has 0 amide bonds. The highest BCUT2D eigenvalue weighted by Crippen LogP contribution is 2.10. The van der Waals surface area contributed by atoms with Crippen LogP contribution in [0.5, 0.6) is 0 Å². The van der Waals surface area contributed by atoms with Gasteiger partial charge in [0.15, 0.2) is 12.6 Å². The molecule has 136 valence electrons. The fraction of sp³-hybridized carbons (Fsp3) is 0. The summed E-state index contributed by atoms with van der Waals surface area (Å²) in [4.78, 5) is 35.6. The lowest BCUT2D eigenvalue weighted by Gasteiger charge is -2.01. The van der Waals surface area contributed by atoms with E-state index in [1.807, 2.05) is 0 Å². The minimum atomic E-state index is 0.430. The number of carbonyl (C=O) groups excluding carboxylic acids is 2. The predicted molar refractivity (Wildman–Crippen MR) is 95.6 cm³/mol. The molecular formula is C16H13ClN8O2. The zero-order chi connectivity index (χ0) is 19.3. The summed E-state index contributed by atoms with van der Waals surface area (Å²) in [6.45, 7) is 0. The Morgan fingerprint density at radius 2 is 1.67 bits per heavy atom. The summed E-state index contributed by atoms with van der Waals surface area (Å²) in [7, 11) is 0. The van der Waals surface area contributed by atoms with E-state index in [0.29, 0.717) is 28.1 Å². The highest BCUT2D eigenvalue weighted by molar-refractivity contribution is 6.32. The van der Waals surface area contributed by atoms with Crippen LogP contribution in [-0.4, -0.2) is 52.5 Å². The molecule has 1 N–H and O–H groups in total. The van der Waals surface area contributed by atoms with Crippen LogP contribution < -0.4 is 0 Å². The molecule has 4 heterocycles. The minimum Gasteiger partial charge on any atom is -0.298 e. The van der Waals surface area contributed by atoms with Gasteiger partial charge in [-0.1, -0.05) is 11.6 Å². The maximum atomic E-state index is 10.6. The smallest absolute Gasteiger partial charge is 0.153 e. The third kappa shape index (κ3) is 6.21. The number of hydrogen-bond donors (Lipinski definition) is 1. The first-order valence-electron chi connectivity index (χ1n) is 7.34. The van der Waals surface area contributed by atoms with Crippen molar-refractivity contribution >= 4 is 24.2 Å². The van der Waals surface area contributed by atoms with Gasteiger partial charge in [0.2, 0.25) is 0 Å². The van der Waals surface area contributed by atoms with Crippen molar-refractivity contribution in [3.8, 4) is 5.69 Å². The molecule has 0 unspecified atom stereocenters. The Morgan fingerprint density at radius 3 is 2.15 bits per heavy atom. The van der Waals surface area contributed by atoms with Gasteiger partial charge in [-0.05, 0) is 12.1 Å². The van der Waals surface area contributed by atoms with Crippen LogP contribution in [0.3, 0.4) is 0 Å². The number of aromatic amines is 1. The number of nitrogens with one attached hydrogen (secondary N) is 1. The first-order chi connectivity index (χ1) is 13.3. The van der Waals surface area contributed by atoms with E-state index in [9.17, 15) is 9.59 Å².